The second kappa shape index (κ2) is 9.14. The quantitative estimate of drug-likeness (QED) is 0.434. The highest BCUT2D eigenvalue weighted by atomic mass is 28.2. The normalized spacial score (nSPS) is 11.4. The smallest absolute Gasteiger partial charge is 0.0487 e. The van der Waals surface area contributed by atoms with Gasteiger partial charge in [-0.1, -0.05) is 12.6 Å². The van der Waals surface area contributed by atoms with Crippen molar-refractivity contribution in [2.45, 2.75) is 25.4 Å². The van der Waals surface area contributed by atoms with E-state index in [4.69, 9.17) is 9.84 Å². The van der Waals surface area contributed by atoms with Gasteiger partial charge in [0.25, 0.3) is 0 Å². The molecular formula is C7H18O2Si. The van der Waals surface area contributed by atoms with Gasteiger partial charge in [-0.25, -0.2) is 0 Å². The van der Waals surface area contributed by atoms with Crippen LogP contribution in [0.2, 0.25) is 12.6 Å². The molecule has 3 heteroatoms. The van der Waals surface area contributed by atoms with Crippen LogP contribution in [-0.2, 0) is 4.74 Å². The zero-order valence-electron chi connectivity index (χ0n) is 6.81. The summed E-state index contributed by atoms with van der Waals surface area (Å²) in [5.74, 6) is 0. The topological polar surface area (TPSA) is 29.5 Å². The lowest BCUT2D eigenvalue weighted by Crippen LogP contribution is -1.99. The molecular weight excluding hydrogens is 144 g/mol. The largest absolute Gasteiger partial charge is 0.396 e. The van der Waals surface area contributed by atoms with Gasteiger partial charge < -0.3 is 9.84 Å². The van der Waals surface area contributed by atoms with Gasteiger partial charge in [0.05, 0.1) is 0 Å². The lowest BCUT2D eigenvalue weighted by Gasteiger charge is -2.00. The molecule has 0 saturated carbocycles. The molecule has 0 aromatic rings. The Morgan fingerprint density at radius 3 is 2.60 bits per heavy atom. The van der Waals surface area contributed by atoms with Crippen LogP contribution in [0.5, 0.6) is 0 Å². The standard InChI is InChI=1S/C7H18O2Si/c1-10-7-3-6-9-5-2-4-8/h8H,2-7,10H2,1H3. The maximum Gasteiger partial charge on any atom is 0.0487 e. The third-order valence-electron chi connectivity index (χ3n) is 1.34. The summed E-state index contributed by atoms with van der Waals surface area (Å²) in [7, 11) is 0.245. The van der Waals surface area contributed by atoms with Crippen LogP contribution < -0.4 is 0 Å². The molecule has 1 N–H and O–H groups in total. The molecule has 0 unspecified atom stereocenters. The van der Waals surface area contributed by atoms with E-state index in [-0.39, 0.29) is 16.1 Å². The first-order valence-electron chi connectivity index (χ1n) is 4.10. The fourth-order valence-electron chi connectivity index (χ4n) is 0.723. The van der Waals surface area contributed by atoms with E-state index in [1.165, 1.54) is 12.5 Å². The average molecular weight is 162 g/mol. The molecule has 0 aromatic heterocycles. The van der Waals surface area contributed by atoms with Crippen molar-refractivity contribution in [3.8, 4) is 0 Å². The van der Waals surface area contributed by atoms with Crippen LogP contribution in [0.1, 0.15) is 12.8 Å². The van der Waals surface area contributed by atoms with E-state index in [9.17, 15) is 0 Å². The van der Waals surface area contributed by atoms with Crippen molar-refractivity contribution in [3.05, 3.63) is 0 Å². The van der Waals surface area contributed by atoms with Gasteiger partial charge in [-0.2, -0.15) is 0 Å². The Morgan fingerprint density at radius 1 is 1.30 bits per heavy atom. The van der Waals surface area contributed by atoms with Crippen LogP contribution in [0.4, 0.5) is 0 Å². The molecule has 0 bridgehead atoms. The molecule has 0 aliphatic carbocycles. The SMILES string of the molecule is C[SiH2]CCCOCCCO. The highest BCUT2D eigenvalue weighted by Gasteiger charge is 1.87. The third-order valence-corrected chi connectivity index (χ3v) is 2.55. The van der Waals surface area contributed by atoms with Crippen LogP contribution in [0.25, 0.3) is 0 Å². The lowest BCUT2D eigenvalue weighted by atomic mass is 10.5. The van der Waals surface area contributed by atoms with E-state index in [1.54, 1.807) is 0 Å². The minimum Gasteiger partial charge on any atom is -0.396 e. The molecule has 0 aromatic carbocycles. The molecule has 0 rings (SSSR count). The van der Waals surface area contributed by atoms with Gasteiger partial charge in [0.1, 0.15) is 0 Å². The van der Waals surface area contributed by atoms with Crippen LogP contribution in [-0.4, -0.2) is 34.4 Å². The number of hydrogen-bond donors (Lipinski definition) is 1. The maximum absolute atomic E-state index is 8.40. The fourth-order valence-corrected chi connectivity index (χ4v) is 1.43. The van der Waals surface area contributed by atoms with Crippen molar-refractivity contribution in [2.75, 3.05) is 19.8 Å². The Balaban J connectivity index is 2.65. The summed E-state index contributed by atoms with van der Waals surface area (Å²) in [5.41, 5.74) is 0. The molecule has 0 aliphatic rings. The minimum absolute atomic E-state index is 0.245. The van der Waals surface area contributed by atoms with Gasteiger partial charge in [-0.3, -0.25) is 0 Å². The molecule has 0 spiro atoms. The van der Waals surface area contributed by atoms with Crippen molar-refractivity contribution >= 4 is 9.52 Å². The highest BCUT2D eigenvalue weighted by molar-refractivity contribution is 6.33. The summed E-state index contributed by atoms with van der Waals surface area (Å²) in [6.07, 6.45) is 2.00. The van der Waals surface area contributed by atoms with E-state index in [0.717, 1.165) is 19.6 Å². The summed E-state index contributed by atoms with van der Waals surface area (Å²) in [5, 5.41) is 8.40. The zero-order chi connectivity index (χ0) is 7.66. The Hall–Kier alpha value is 0.137. The predicted molar refractivity (Wildman–Crippen MR) is 46.4 cm³/mol. The summed E-state index contributed by atoms with van der Waals surface area (Å²) in [6.45, 7) is 4.18. The first kappa shape index (κ1) is 10.1. The molecule has 0 radical (unpaired) electrons. The fraction of sp³-hybridized carbons (Fsp3) is 1.00. The molecule has 0 amide bonds. The number of aliphatic hydroxyl groups is 1. The lowest BCUT2D eigenvalue weighted by molar-refractivity contribution is 0.116. The van der Waals surface area contributed by atoms with Crippen LogP contribution in [0.15, 0.2) is 0 Å². The molecule has 10 heavy (non-hydrogen) atoms. The first-order valence-corrected chi connectivity index (χ1v) is 6.51. The number of rotatable bonds is 7. The predicted octanol–water partition coefficient (Wildman–Crippen LogP) is 0.411. The van der Waals surface area contributed by atoms with Crippen molar-refractivity contribution < 1.29 is 9.84 Å². The van der Waals surface area contributed by atoms with Crippen LogP contribution in [0.3, 0.4) is 0 Å². The van der Waals surface area contributed by atoms with Gasteiger partial charge in [0, 0.05) is 29.3 Å². The summed E-state index contributed by atoms with van der Waals surface area (Å²) >= 11 is 0. The Kier molecular flexibility index (Phi) is 9.26. The van der Waals surface area contributed by atoms with Gasteiger partial charge in [0.2, 0.25) is 0 Å². The molecule has 0 heterocycles. The van der Waals surface area contributed by atoms with Crippen molar-refractivity contribution in [1.29, 1.82) is 0 Å². The molecule has 2 nitrogen and oxygen atoms in total. The van der Waals surface area contributed by atoms with Gasteiger partial charge in [-0.05, 0) is 12.8 Å². The maximum atomic E-state index is 8.40. The summed E-state index contributed by atoms with van der Waals surface area (Å²) in [6, 6.07) is 1.39. The highest BCUT2D eigenvalue weighted by Crippen LogP contribution is 1.90. The number of ether oxygens (including phenoxy) is 1. The van der Waals surface area contributed by atoms with E-state index >= 15 is 0 Å². The molecule has 62 valence electrons. The van der Waals surface area contributed by atoms with E-state index in [2.05, 4.69) is 6.55 Å². The zero-order valence-corrected chi connectivity index (χ0v) is 8.22. The molecule has 0 atom stereocenters. The van der Waals surface area contributed by atoms with Crippen LogP contribution in [0, 0.1) is 0 Å². The summed E-state index contributed by atoms with van der Waals surface area (Å²) in [4.78, 5) is 0. The second-order valence-corrected chi connectivity index (χ2v) is 4.10. The average Bonchev–Trinajstić information content (AvgIpc) is 1.97. The number of hydrogen-bond acceptors (Lipinski definition) is 2. The Labute approximate surface area is 65.4 Å². The molecule has 0 fully saturated rings. The Morgan fingerprint density at radius 2 is 2.00 bits per heavy atom. The Bertz CT molecular complexity index is 51.6. The second-order valence-electron chi connectivity index (χ2n) is 2.40. The monoisotopic (exact) mass is 162 g/mol. The van der Waals surface area contributed by atoms with E-state index in [1.807, 2.05) is 0 Å². The van der Waals surface area contributed by atoms with Crippen molar-refractivity contribution in [1.82, 2.24) is 0 Å². The van der Waals surface area contributed by atoms with E-state index < -0.39 is 0 Å². The first-order chi connectivity index (χ1) is 4.91. The van der Waals surface area contributed by atoms with E-state index in [0.29, 0.717) is 0 Å². The van der Waals surface area contributed by atoms with Crippen molar-refractivity contribution in [3.63, 3.8) is 0 Å². The summed E-state index contributed by atoms with van der Waals surface area (Å²) < 4.78 is 5.24. The number of aliphatic hydroxyl groups excluding tert-OH is 1. The third kappa shape index (κ3) is 8.14. The van der Waals surface area contributed by atoms with Gasteiger partial charge in [0.15, 0.2) is 0 Å². The van der Waals surface area contributed by atoms with Gasteiger partial charge >= 0.3 is 0 Å². The van der Waals surface area contributed by atoms with Crippen LogP contribution >= 0.6 is 0 Å². The van der Waals surface area contributed by atoms with Gasteiger partial charge in [-0.15, -0.1) is 0 Å². The van der Waals surface area contributed by atoms with Crippen molar-refractivity contribution in [2.24, 2.45) is 0 Å². The molecule has 0 saturated heterocycles. The molecule has 0 aliphatic heterocycles. The minimum atomic E-state index is 0.245.